The molecule has 0 aliphatic heterocycles. The molecule has 0 saturated carbocycles. The number of hydrogen-bond donors (Lipinski definition) is 2. The SMILES string of the molecule is CNC(=O)c1cc(Oc2cccc(/C=C/C(=O)Nc3cccc(C)c3)c2)ccn1. The van der Waals surface area contributed by atoms with Crippen LogP contribution >= 0.6 is 0 Å². The molecule has 0 saturated heterocycles. The zero-order valence-electron chi connectivity index (χ0n) is 16.2. The first-order valence-electron chi connectivity index (χ1n) is 9.05. The van der Waals surface area contributed by atoms with Crippen LogP contribution in [-0.2, 0) is 4.79 Å². The monoisotopic (exact) mass is 387 g/mol. The lowest BCUT2D eigenvalue weighted by Gasteiger charge is -2.07. The van der Waals surface area contributed by atoms with E-state index in [1.165, 1.54) is 12.3 Å². The Morgan fingerprint density at radius 3 is 2.59 bits per heavy atom. The number of carbonyl (C=O) groups is 2. The highest BCUT2D eigenvalue weighted by Gasteiger charge is 2.07. The van der Waals surface area contributed by atoms with Gasteiger partial charge < -0.3 is 15.4 Å². The summed E-state index contributed by atoms with van der Waals surface area (Å²) >= 11 is 0. The molecule has 0 spiro atoms. The van der Waals surface area contributed by atoms with Crippen LogP contribution in [0.1, 0.15) is 21.6 Å². The minimum Gasteiger partial charge on any atom is -0.457 e. The van der Waals surface area contributed by atoms with Crippen LogP contribution in [0.4, 0.5) is 5.69 Å². The van der Waals surface area contributed by atoms with Gasteiger partial charge in [-0.25, -0.2) is 0 Å². The normalized spacial score (nSPS) is 10.6. The molecule has 2 amide bonds. The molecule has 0 unspecified atom stereocenters. The molecule has 6 nitrogen and oxygen atoms in total. The molecule has 0 atom stereocenters. The smallest absolute Gasteiger partial charge is 0.269 e. The van der Waals surface area contributed by atoms with E-state index in [0.29, 0.717) is 11.5 Å². The van der Waals surface area contributed by atoms with Crippen LogP contribution in [0.5, 0.6) is 11.5 Å². The van der Waals surface area contributed by atoms with Crippen LogP contribution in [0.25, 0.3) is 6.08 Å². The van der Waals surface area contributed by atoms with Gasteiger partial charge in [0.05, 0.1) is 0 Å². The predicted octanol–water partition coefficient (Wildman–Crippen LogP) is 4.19. The Balaban J connectivity index is 1.67. The first kappa shape index (κ1) is 19.8. The number of rotatable bonds is 6. The molecule has 2 N–H and O–H groups in total. The first-order valence-corrected chi connectivity index (χ1v) is 9.05. The van der Waals surface area contributed by atoms with Crippen LogP contribution in [0, 0.1) is 6.92 Å². The molecule has 1 aromatic heterocycles. The summed E-state index contributed by atoms with van der Waals surface area (Å²) in [6, 6.07) is 18.1. The summed E-state index contributed by atoms with van der Waals surface area (Å²) in [7, 11) is 1.54. The second-order valence-electron chi connectivity index (χ2n) is 6.32. The molecule has 29 heavy (non-hydrogen) atoms. The van der Waals surface area contributed by atoms with Crippen molar-refractivity contribution in [3.8, 4) is 11.5 Å². The van der Waals surface area contributed by atoms with Crippen LogP contribution in [0.2, 0.25) is 0 Å². The Morgan fingerprint density at radius 2 is 1.79 bits per heavy atom. The third-order valence-electron chi connectivity index (χ3n) is 4.00. The number of aryl methyl sites for hydroxylation is 1. The topological polar surface area (TPSA) is 80.3 Å². The van der Waals surface area contributed by atoms with E-state index in [4.69, 9.17) is 4.74 Å². The van der Waals surface area contributed by atoms with Gasteiger partial charge in [0.25, 0.3) is 5.91 Å². The maximum Gasteiger partial charge on any atom is 0.269 e. The molecule has 2 aromatic carbocycles. The van der Waals surface area contributed by atoms with Crippen LogP contribution < -0.4 is 15.4 Å². The molecular weight excluding hydrogens is 366 g/mol. The van der Waals surface area contributed by atoms with Crippen molar-refractivity contribution in [1.29, 1.82) is 0 Å². The van der Waals surface area contributed by atoms with E-state index < -0.39 is 0 Å². The number of benzene rings is 2. The lowest BCUT2D eigenvalue weighted by atomic mass is 10.2. The molecular formula is C23H21N3O3. The molecule has 1 heterocycles. The van der Waals surface area contributed by atoms with Gasteiger partial charge in [0.1, 0.15) is 17.2 Å². The lowest BCUT2D eigenvalue weighted by Crippen LogP contribution is -2.18. The number of aromatic nitrogens is 1. The fraction of sp³-hybridized carbons (Fsp3) is 0.0870. The lowest BCUT2D eigenvalue weighted by molar-refractivity contribution is -0.111. The number of carbonyl (C=O) groups excluding carboxylic acids is 2. The average molecular weight is 387 g/mol. The van der Waals surface area contributed by atoms with Gasteiger partial charge in [0.15, 0.2) is 0 Å². The molecule has 0 fully saturated rings. The van der Waals surface area contributed by atoms with Gasteiger partial charge in [-0.2, -0.15) is 0 Å². The number of anilines is 1. The van der Waals surface area contributed by atoms with Gasteiger partial charge in [0, 0.05) is 31.1 Å². The summed E-state index contributed by atoms with van der Waals surface area (Å²) in [6.45, 7) is 1.97. The summed E-state index contributed by atoms with van der Waals surface area (Å²) in [4.78, 5) is 27.8. The zero-order valence-corrected chi connectivity index (χ0v) is 16.2. The zero-order chi connectivity index (χ0) is 20.6. The highest BCUT2D eigenvalue weighted by Crippen LogP contribution is 2.23. The maximum atomic E-state index is 12.1. The summed E-state index contributed by atoms with van der Waals surface area (Å²) in [5.41, 5.74) is 2.91. The highest BCUT2D eigenvalue weighted by atomic mass is 16.5. The maximum absolute atomic E-state index is 12.1. The standard InChI is InChI=1S/C23H21N3O3/c1-16-5-3-7-18(13-16)26-22(27)10-9-17-6-4-8-19(14-17)29-20-11-12-25-21(15-20)23(28)24-2/h3-15H,1-2H3,(H,24,28)(H,26,27)/b10-9+. The first-order chi connectivity index (χ1) is 14.0. The molecule has 3 aromatic rings. The van der Waals surface area contributed by atoms with E-state index in [1.54, 1.807) is 37.4 Å². The van der Waals surface area contributed by atoms with E-state index >= 15 is 0 Å². The van der Waals surface area contributed by atoms with E-state index in [9.17, 15) is 9.59 Å². The van der Waals surface area contributed by atoms with E-state index in [2.05, 4.69) is 15.6 Å². The number of nitrogens with zero attached hydrogens (tertiary/aromatic N) is 1. The van der Waals surface area contributed by atoms with Crippen molar-refractivity contribution >= 4 is 23.6 Å². The number of amides is 2. The minimum atomic E-state index is -0.285. The number of nitrogens with one attached hydrogen (secondary N) is 2. The Bertz CT molecular complexity index is 1060. The molecule has 6 heteroatoms. The van der Waals surface area contributed by atoms with Gasteiger partial charge >= 0.3 is 0 Å². The molecule has 0 bridgehead atoms. The predicted molar refractivity (Wildman–Crippen MR) is 113 cm³/mol. The van der Waals surface area contributed by atoms with Crippen molar-refractivity contribution in [3.63, 3.8) is 0 Å². The Morgan fingerprint density at radius 1 is 1.00 bits per heavy atom. The van der Waals surface area contributed by atoms with Crippen LogP contribution in [-0.4, -0.2) is 23.8 Å². The number of hydrogen-bond acceptors (Lipinski definition) is 4. The second-order valence-corrected chi connectivity index (χ2v) is 6.32. The van der Waals surface area contributed by atoms with Gasteiger partial charge in [-0.05, 0) is 54.5 Å². The Labute approximate surface area is 169 Å². The molecule has 0 radical (unpaired) electrons. The fourth-order valence-corrected chi connectivity index (χ4v) is 2.62. The van der Waals surface area contributed by atoms with Gasteiger partial charge in [0.2, 0.25) is 5.91 Å². The van der Waals surface area contributed by atoms with Gasteiger partial charge in [-0.1, -0.05) is 24.3 Å². The molecule has 0 aliphatic carbocycles. The molecule has 0 aliphatic rings. The number of pyridine rings is 1. The molecule has 3 rings (SSSR count). The highest BCUT2D eigenvalue weighted by molar-refractivity contribution is 6.02. The average Bonchev–Trinajstić information content (AvgIpc) is 2.72. The minimum absolute atomic E-state index is 0.216. The van der Waals surface area contributed by atoms with Gasteiger partial charge in [-0.3, -0.25) is 14.6 Å². The van der Waals surface area contributed by atoms with Crippen molar-refractivity contribution < 1.29 is 14.3 Å². The van der Waals surface area contributed by atoms with E-state index in [1.807, 2.05) is 43.3 Å². The summed E-state index contributed by atoms with van der Waals surface area (Å²) in [5, 5.41) is 5.35. The Hall–Kier alpha value is -3.93. The van der Waals surface area contributed by atoms with Crippen molar-refractivity contribution in [2.45, 2.75) is 6.92 Å². The van der Waals surface area contributed by atoms with Crippen molar-refractivity contribution in [2.24, 2.45) is 0 Å². The summed E-state index contributed by atoms with van der Waals surface area (Å²) in [5.74, 6) is 0.579. The fourth-order valence-electron chi connectivity index (χ4n) is 2.62. The third-order valence-corrected chi connectivity index (χ3v) is 4.00. The number of ether oxygens (including phenoxy) is 1. The van der Waals surface area contributed by atoms with Crippen LogP contribution in [0.3, 0.4) is 0 Å². The quantitative estimate of drug-likeness (QED) is 0.622. The summed E-state index contributed by atoms with van der Waals surface area (Å²) in [6.07, 6.45) is 4.69. The van der Waals surface area contributed by atoms with Crippen molar-refractivity contribution in [2.75, 3.05) is 12.4 Å². The van der Waals surface area contributed by atoms with Crippen molar-refractivity contribution in [3.05, 3.63) is 89.8 Å². The largest absolute Gasteiger partial charge is 0.457 e. The third kappa shape index (κ3) is 5.77. The Kier molecular flexibility index (Phi) is 6.37. The summed E-state index contributed by atoms with van der Waals surface area (Å²) < 4.78 is 5.82. The van der Waals surface area contributed by atoms with E-state index in [0.717, 1.165) is 16.8 Å². The van der Waals surface area contributed by atoms with E-state index in [-0.39, 0.29) is 17.5 Å². The van der Waals surface area contributed by atoms with Crippen molar-refractivity contribution in [1.82, 2.24) is 10.3 Å². The van der Waals surface area contributed by atoms with Gasteiger partial charge in [-0.15, -0.1) is 0 Å². The second kappa shape index (κ2) is 9.32. The van der Waals surface area contributed by atoms with Crippen LogP contribution in [0.15, 0.2) is 72.9 Å². The molecule has 146 valence electrons.